The van der Waals surface area contributed by atoms with E-state index in [2.05, 4.69) is 0 Å². The highest BCUT2D eigenvalue weighted by Crippen LogP contribution is 2.28. The third-order valence-corrected chi connectivity index (χ3v) is 2.44. The van der Waals surface area contributed by atoms with E-state index < -0.39 is 5.82 Å². The smallest absolute Gasteiger partial charge is 0.168 e. The Balaban J connectivity index is 2.54. The second-order valence-electron chi connectivity index (χ2n) is 3.24. The molecule has 0 amide bonds. The van der Waals surface area contributed by atoms with Crippen molar-refractivity contribution in [2.75, 3.05) is 0 Å². The van der Waals surface area contributed by atoms with Crippen LogP contribution >= 0.6 is 0 Å². The minimum absolute atomic E-state index is 0.212. The van der Waals surface area contributed by atoms with E-state index in [1.807, 2.05) is 6.07 Å². The Morgan fingerprint density at radius 3 is 2.75 bits per heavy atom. The van der Waals surface area contributed by atoms with Gasteiger partial charge in [0, 0.05) is 0 Å². The van der Waals surface area contributed by atoms with Crippen LogP contribution in [-0.2, 0) is 12.8 Å². The van der Waals surface area contributed by atoms with E-state index in [0.29, 0.717) is 0 Å². The summed E-state index contributed by atoms with van der Waals surface area (Å²) in [4.78, 5) is 0. The molecule has 2 heteroatoms. The van der Waals surface area contributed by atoms with Gasteiger partial charge in [0.15, 0.2) is 11.6 Å². The summed E-state index contributed by atoms with van der Waals surface area (Å²) in [6, 6.07) is 3.27. The van der Waals surface area contributed by atoms with E-state index in [1.165, 1.54) is 6.07 Å². The fourth-order valence-electron chi connectivity index (χ4n) is 1.77. The van der Waals surface area contributed by atoms with E-state index in [0.717, 1.165) is 36.8 Å². The Hall–Kier alpha value is -1.05. The molecule has 64 valence electrons. The van der Waals surface area contributed by atoms with Crippen LogP contribution in [0, 0.1) is 5.82 Å². The molecule has 1 aromatic rings. The topological polar surface area (TPSA) is 20.2 Å². The van der Waals surface area contributed by atoms with Gasteiger partial charge in [-0.15, -0.1) is 0 Å². The number of halogens is 1. The first kappa shape index (κ1) is 7.59. The number of phenols is 1. The van der Waals surface area contributed by atoms with E-state index in [1.54, 1.807) is 0 Å². The van der Waals surface area contributed by atoms with Gasteiger partial charge in [0.05, 0.1) is 0 Å². The van der Waals surface area contributed by atoms with Gasteiger partial charge >= 0.3 is 0 Å². The van der Waals surface area contributed by atoms with Crippen LogP contribution in [-0.4, -0.2) is 5.11 Å². The van der Waals surface area contributed by atoms with Crippen molar-refractivity contribution < 1.29 is 9.50 Å². The van der Waals surface area contributed by atoms with Crippen molar-refractivity contribution in [1.29, 1.82) is 0 Å². The van der Waals surface area contributed by atoms with E-state index in [-0.39, 0.29) is 5.75 Å². The third kappa shape index (κ3) is 1.07. The number of rotatable bonds is 0. The lowest BCUT2D eigenvalue weighted by atomic mass is 9.91. The summed E-state index contributed by atoms with van der Waals surface area (Å²) in [6.45, 7) is 0. The van der Waals surface area contributed by atoms with Crippen molar-refractivity contribution in [2.24, 2.45) is 0 Å². The molecule has 1 aliphatic carbocycles. The Morgan fingerprint density at radius 1 is 1.17 bits per heavy atom. The quantitative estimate of drug-likeness (QED) is 0.627. The Bertz CT molecular complexity index is 307. The average Bonchev–Trinajstić information content (AvgIpc) is 2.12. The molecule has 0 saturated carbocycles. The highest BCUT2D eigenvalue weighted by atomic mass is 19.1. The zero-order chi connectivity index (χ0) is 8.55. The van der Waals surface area contributed by atoms with Crippen molar-refractivity contribution in [3.8, 4) is 5.75 Å². The Kier molecular flexibility index (Phi) is 1.75. The maximum atomic E-state index is 13.2. The highest BCUT2D eigenvalue weighted by molar-refractivity contribution is 5.38. The molecule has 12 heavy (non-hydrogen) atoms. The summed E-state index contributed by atoms with van der Waals surface area (Å²) in [5, 5.41) is 9.10. The van der Waals surface area contributed by atoms with Crippen LogP contribution in [0.4, 0.5) is 4.39 Å². The highest BCUT2D eigenvalue weighted by Gasteiger charge is 2.15. The van der Waals surface area contributed by atoms with E-state index >= 15 is 0 Å². The second kappa shape index (κ2) is 2.77. The largest absolute Gasteiger partial charge is 0.505 e. The maximum Gasteiger partial charge on any atom is 0.168 e. The predicted octanol–water partition coefficient (Wildman–Crippen LogP) is 2.41. The fourth-order valence-corrected chi connectivity index (χ4v) is 1.77. The predicted molar refractivity (Wildman–Crippen MR) is 44.7 cm³/mol. The van der Waals surface area contributed by atoms with Crippen LogP contribution in [0.3, 0.4) is 0 Å². The number of aromatic hydroxyl groups is 1. The van der Waals surface area contributed by atoms with Gasteiger partial charge in [-0.1, -0.05) is 6.07 Å². The van der Waals surface area contributed by atoms with Crippen molar-refractivity contribution in [3.05, 3.63) is 29.1 Å². The summed E-state index contributed by atoms with van der Waals surface area (Å²) < 4.78 is 13.2. The molecular formula is C10H11FO. The minimum Gasteiger partial charge on any atom is -0.505 e. The normalized spacial score (nSPS) is 15.8. The van der Waals surface area contributed by atoms with Crippen LogP contribution in [0.25, 0.3) is 0 Å². The first-order valence-electron chi connectivity index (χ1n) is 4.28. The Morgan fingerprint density at radius 2 is 1.92 bits per heavy atom. The number of aryl methyl sites for hydroxylation is 1. The zero-order valence-corrected chi connectivity index (χ0v) is 6.81. The molecule has 0 saturated heterocycles. The van der Waals surface area contributed by atoms with Gasteiger partial charge in [-0.05, 0) is 42.9 Å². The molecule has 0 bridgehead atoms. The minimum atomic E-state index is -0.410. The number of hydrogen-bond acceptors (Lipinski definition) is 1. The number of hydrogen-bond donors (Lipinski definition) is 1. The Labute approximate surface area is 70.8 Å². The molecule has 1 aromatic carbocycles. The first-order chi connectivity index (χ1) is 5.79. The van der Waals surface area contributed by atoms with Crippen LogP contribution in [0.2, 0.25) is 0 Å². The first-order valence-corrected chi connectivity index (χ1v) is 4.28. The summed E-state index contributed by atoms with van der Waals surface area (Å²) in [6.07, 6.45) is 3.90. The van der Waals surface area contributed by atoms with Gasteiger partial charge in [-0.2, -0.15) is 0 Å². The third-order valence-electron chi connectivity index (χ3n) is 2.44. The molecule has 0 fully saturated rings. The molecule has 1 N–H and O–H groups in total. The number of fused-ring (bicyclic) bond motifs is 1. The van der Waals surface area contributed by atoms with Crippen molar-refractivity contribution in [3.63, 3.8) is 0 Å². The van der Waals surface area contributed by atoms with E-state index in [9.17, 15) is 4.39 Å². The molecule has 0 spiro atoms. The fraction of sp³-hybridized carbons (Fsp3) is 0.400. The van der Waals surface area contributed by atoms with Crippen LogP contribution in [0.1, 0.15) is 24.0 Å². The molecule has 0 unspecified atom stereocenters. The lowest BCUT2D eigenvalue weighted by Crippen LogP contribution is -2.04. The second-order valence-corrected chi connectivity index (χ2v) is 3.24. The lowest BCUT2D eigenvalue weighted by molar-refractivity contribution is 0.425. The zero-order valence-electron chi connectivity index (χ0n) is 6.81. The molecule has 0 atom stereocenters. The lowest BCUT2D eigenvalue weighted by Gasteiger charge is -2.16. The van der Waals surface area contributed by atoms with Gasteiger partial charge in [-0.3, -0.25) is 0 Å². The molecule has 2 rings (SSSR count). The van der Waals surface area contributed by atoms with Gasteiger partial charge < -0.3 is 5.11 Å². The monoisotopic (exact) mass is 166 g/mol. The average molecular weight is 166 g/mol. The standard InChI is InChI=1S/C10H11FO/c11-10-8-4-2-1-3-7(8)5-6-9(10)12/h5-6,12H,1-4H2. The van der Waals surface area contributed by atoms with Gasteiger partial charge in [0.1, 0.15) is 0 Å². The van der Waals surface area contributed by atoms with Crippen LogP contribution in [0.5, 0.6) is 5.75 Å². The summed E-state index contributed by atoms with van der Waals surface area (Å²) in [5.74, 6) is -0.622. The molecule has 1 nitrogen and oxygen atoms in total. The number of phenolic OH excluding ortho intramolecular Hbond substituents is 1. The van der Waals surface area contributed by atoms with E-state index in [4.69, 9.17) is 5.11 Å². The van der Waals surface area contributed by atoms with Crippen molar-refractivity contribution in [1.82, 2.24) is 0 Å². The summed E-state index contributed by atoms with van der Waals surface area (Å²) in [5.41, 5.74) is 1.79. The molecule has 0 heterocycles. The molecule has 1 aliphatic rings. The SMILES string of the molecule is Oc1ccc2c(c1F)CCCC2. The van der Waals surface area contributed by atoms with Crippen LogP contribution in [0.15, 0.2) is 12.1 Å². The van der Waals surface area contributed by atoms with Crippen LogP contribution < -0.4 is 0 Å². The van der Waals surface area contributed by atoms with Crippen molar-refractivity contribution in [2.45, 2.75) is 25.7 Å². The van der Waals surface area contributed by atoms with Crippen molar-refractivity contribution >= 4 is 0 Å². The molecule has 0 radical (unpaired) electrons. The van der Waals surface area contributed by atoms with Gasteiger partial charge in [0.25, 0.3) is 0 Å². The maximum absolute atomic E-state index is 13.2. The number of benzene rings is 1. The summed E-state index contributed by atoms with van der Waals surface area (Å²) in [7, 11) is 0. The molecule has 0 aliphatic heterocycles. The molecular weight excluding hydrogens is 155 g/mol. The van der Waals surface area contributed by atoms with Gasteiger partial charge in [0.2, 0.25) is 0 Å². The molecule has 0 aromatic heterocycles. The van der Waals surface area contributed by atoms with Gasteiger partial charge in [-0.25, -0.2) is 4.39 Å². The summed E-state index contributed by atoms with van der Waals surface area (Å²) >= 11 is 0.